The van der Waals surface area contributed by atoms with Crippen LogP contribution in [-0.2, 0) is 19.1 Å². The van der Waals surface area contributed by atoms with Crippen LogP contribution in [0.3, 0.4) is 0 Å². The predicted octanol–water partition coefficient (Wildman–Crippen LogP) is 4.59. The zero-order chi connectivity index (χ0) is 21.8. The molecule has 6 nitrogen and oxygen atoms in total. The third-order valence-electron chi connectivity index (χ3n) is 3.84. The van der Waals surface area contributed by atoms with E-state index in [2.05, 4.69) is 0 Å². The molecule has 0 heterocycles. The molecule has 6 heteroatoms. The van der Waals surface area contributed by atoms with Crippen LogP contribution in [0.4, 0.5) is 0 Å². The fourth-order valence-corrected chi connectivity index (χ4v) is 2.27. The van der Waals surface area contributed by atoms with Crippen LogP contribution >= 0.6 is 0 Å². The maximum atomic E-state index is 11.9. The van der Waals surface area contributed by atoms with Crippen molar-refractivity contribution in [2.24, 2.45) is 0 Å². The normalized spacial score (nSPS) is 10.9. The lowest BCUT2D eigenvalue weighted by molar-refractivity contribution is -0.136. The van der Waals surface area contributed by atoms with Crippen molar-refractivity contribution in [3.05, 3.63) is 71.8 Å². The Morgan fingerprint density at radius 2 is 1.47 bits per heavy atom. The molecule has 0 aromatic heterocycles. The lowest BCUT2D eigenvalue weighted by Crippen LogP contribution is -2.10. The van der Waals surface area contributed by atoms with Gasteiger partial charge in [-0.3, -0.25) is 9.59 Å². The molecule has 0 aliphatic carbocycles. The summed E-state index contributed by atoms with van der Waals surface area (Å²) >= 11 is 0. The Hall–Kier alpha value is -3.67. The molecule has 0 bridgehead atoms. The number of hydrogen-bond donors (Lipinski definition) is 0. The molecule has 0 atom stereocenters. The van der Waals surface area contributed by atoms with Gasteiger partial charge in [-0.1, -0.05) is 56.3 Å². The Morgan fingerprint density at radius 3 is 2.13 bits per heavy atom. The van der Waals surface area contributed by atoms with E-state index in [4.69, 9.17) is 14.2 Å². The first kappa shape index (κ1) is 22.6. The summed E-state index contributed by atoms with van der Waals surface area (Å²) in [5.41, 5.74) is 1.60. The van der Waals surface area contributed by atoms with E-state index in [1.165, 1.54) is 24.3 Å². The Balaban J connectivity index is 1.99. The molecule has 0 spiro atoms. The summed E-state index contributed by atoms with van der Waals surface area (Å²) in [6.45, 7) is 3.47. The van der Waals surface area contributed by atoms with Gasteiger partial charge in [0.25, 0.3) is 0 Å². The summed E-state index contributed by atoms with van der Waals surface area (Å²) in [6, 6.07) is 14.3. The van der Waals surface area contributed by atoms with Crippen molar-refractivity contribution in [2.45, 2.75) is 26.7 Å². The van der Waals surface area contributed by atoms with Crippen LogP contribution in [0.5, 0.6) is 11.5 Å². The van der Waals surface area contributed by atoms with Gasteiger partial charge in [0.15, 0.2) is 11.5 Å². The van der Waals surface area contributed by atoms with Gasteiger partial charge in [-0.05, 0) is 35.4 Å². The number of carbonyl (C=O) groups excluding carboxylic acids is 3. The molecule has 0 radical (unpaired) electrons. The zero-order valence-electron chi connectivity index (χ0n) is 17.0. The largest absolute Gasteiger partial charge is 0.458 e. The average molecular weight is 408 g/mol. The Morgan fingerprint density at radius 1 is 0.800 bits per heavy atom. The van der Waals surface area contributed by atoms with Crippen LogP contribution in [0.25, 0.3) is 12.2 Å². The van der Waals surface area contributed by atoms with Crippen molar-refractivity contribution in [3.63, 3.8) is 0 Å². The molecule has 156 valence electrons. The average Bonchev–Trinajstić information content (AvgIpc) is 2.77. The molecule has 0 fully saturated rings. The molecule has 0 unspecified atom stereocenters. The van der Waals surface area contributed by atoms with Gasteiger partial charge in [-0.25, -0.2) is 4.79 Å². The quantitative estimate of drug-likeness (QED) is 0.343. The standard InChI is InChI=1S/C24H24O6/c1-3-22(25)29-20-14-12-19(17-21(20)30-23(26)4-2)13-15-24(27)28-16-8-11-18-9-6-5-7-10-18/h5-15,17H,3-4,16H2,1-2H3/b11-8+,15-13+. The van der Waals surface area contributed by atoms with E-state index >= 15 is 0 Å². The smallest absolute Gasteiger partial charge is 0.331 e. The second-order valence-corrected chi connectivity index (χ2v) is 6.14. The topological polar surface area (TPSA) is 78.9 Å². The van der Waals surface area contributed by atoms with E-state index in [0.717, 1.165) is 5.56 Å². The Bertz CT molecular complexity index is 928. The molecule has 2 aromatic carbocycles. The van der Waals surface area contributed by atoms with Crippen LogP contribution in [0.2, 0.25) is 0 Å². The molecule has 0 N–H and O–H groups in total. The molecule has 30 heavy (non-hydrogen) atoms. The van der Waals surface area contributed by atoms with Crippen molar-refractivity contribution >= 4 is 30.1 Å². The van der Waals surface area contributed by atoms with E-state index in [0.29, 0.717) is 5.56 Å². The second-order valence-electron chi connectivity index (χ2n) is 6.14. The molecular weight excluding hydrogens is 384 g/mol. The lowest BCUT2D eigenvalue weighted by Gasteiger charge is -2.10. The fourth-order valence-electron chi connectivity index (χ4n) is 2.27. The van der Waals surface area contributed by atoms with Gasteiger partial charge in [0.05, 0.1) is 0 Å². The molecule has 0 aliphatic rings. The van der Waals surface area contributed by atoms with Crippen LogP contribution < -0.4 is 9.47 Å². The number of ether oxygens (including phenoxy) is 3. The third kappa shape index (κ3) is 7.75. The van der Waals surface area contributed by atoms with E-state index in [1.807, 2.05) is 36.4 Å². The number of rotatable bonds is 9. The van der Waals surface area contributed by atoms with Gasteiger partial charge >= 0.3 is 17.9 Å². The van der Waals surface area contributed by atoms with Crippen molar-refractivity contribution in [1.82, 2.24) is 0 Å². The molecule has 0 amide bonds. The summed E-state index contributed by atoms with van der Waals surface area (Å²) < 4.78 is 15.5. The summed E-state index contributed by atoms with van der Waals surface area (Å²) in [6.07, 6.45) is 6.77. The first-order valence-corrected chi connectivity index (χ1v) is 9.63. The minimum absolute atomic E-state index is 0.116. The van der Waals surface area contributed by atoms with Gasteiger partial charge in [-0.15, -0.1) is 0 Å². The van der Waals surface area contributed by atoms with Crippen molar-refractivity contribution in [1.29, 1.82) is 0 Å². The highest BCUT2D eigenvalue weighted by atomic mass is 16.6. The molecular formula is C24H24O6. The van der Waals surface area contributed by atoms with Gasteiger partial charge < -0.3 is 14.2 Å². The molecule has 0 saturated heterocycles. The highest BCUT2D eigenvalue weighted by Crippen LogP contribution is 2.29. The van der Waals surface area contributed by atoms with Crippen LogP contribution in [0, 0.1) is 0 Å². The minimum Gasteiger partial charge on any atom is -0.458 e. The molecule has 0 saturated carbocycles. The van der Waals surface area contributed by atoms with Gasteiger partial charge in [0.2, 0.25) is 0 Å². The lowest BCUT2D eigenvalue weighted by atomic mass is 10.2. The monoisotopic (exact) mass is 408 g/mol. The van der Waals surface area contributed by atoms with E-state index < -0.39 is 17.9 Å². The highest BCUT2D eigenvalue weighted by molar-refractivity contribution is 5.87. The maximum absolute atomic E-state index is 11.9. The summed E-state index contributed by atoms with van der Waals surface area (Å²) in [4.78, 5) is 35.1. The van der Waals surface area contributed by atoms with Crippen LogP contribution in [-0.4, -0.2) is 24.5 Å². The van der Waals surface area contributed by atoms with Crippen molar-refractivity contribution in [3.8, 4) is 11.5 Å². The zero-order valence-corrected chi connectivity index (χ0v) is 17.0. The summed E-state index contributed by atoms with van der Waals surface area (Å²) in [5, 5.41) is 0. The SMILES string of the molecule is CCC(=O)Oc1ccc(/C=C/C(=O)OC/C=C/c2ccccc2)cc1OC(=O)CC. The molecule has 2 rings (SSSR count). The number of carbonyl (C=O) groups is 3. The summed E-state index contributed by atoms with van der Waals surface area (Å²) in [7, 11) is 0. The highest BCUT2D eigenvalue weighted by Gasteiger charge is 2.13. The molecule has 2 aromatic rings. The summed E-state index contributed by atoms with van der Waals surface area (Å²) in [5.74, 6) is -1.16. The van der Waals surface area contributed by atoms with Crippen LogP contribution in [0.1, 0.15) is 37.8 Å². The fraction of sp³-hybridized carbons (Fsp3) is 0.208. The first-order chi connectivity index (χ1) is 14.5. The van der Waals surface area contributed by atoms with E-state index in [1.54, 1.807) is 26.0 Å². The second kappa shape index (κ2) is 12.0. The van der Waals surface area contributed by atoms with Gasteiger partial charge in [-0.2, -0.15) is 0 Å². The van der Waals surface area contributed by atoms with Gasteiger partial charge in [0.1, 0.15) is 6.61 Å². The number of benzene rings is 2. The van der Waals surface area contributed by atoms with Crippen molar-refractivity contribution in [2.75, 3.05) is 6.61 Å². The number of hydrogen-bond acceptors (Lipinski definition) is 6. The predicted molar refractivity (Wildman–Crippen MR) is 114 cm³/mol. The maximum Gasteiger partial charge on any atom is 0.331 e. The first-order valence-electron chi connectivity index (χ1n) is 9.63. The van der Waals surface area contributed by atoms with E-state index in [-0.39, 0.29) is 30.9 Å². The van der Waals surface area contributed by atoms with E-state index in [9.17, 15) is 14.4 Å². The van der Waals surface area contributed by atoms with Gasteiger partial charge in [0, 0.05) is 18.9 Å². The minimum atomic E-state index is -0.513. The Labute approximate surface area is 175 Å². The third-order valence-corrected chi connectivity index (χ3v) is 3.84. The Kier molecular flexibility index (Phi) is 9.06. The number of esters is 3. The van der Waals surface area contributed by atoms with Crippen molar-refractivity contribution < 1.29 is 28.6 Å². The van der Waals surface area contributed by atoms with Crippen LogP contribution in [0.15, 0.2) is 60.7 Å². The molecule has 0 aliphatic heterocycles.